The third kappa shape index (κ3) is 4.26. The average molecular weight is 482 g/mol. The highest BCUT2D eigenvalue weighted by molar-refractivity contribution is 5.77. The molecule has 2 aromatic carbocycles. The van der Waals surface area contributed by atoms with Gasteiger partial charge in [-0.1, -0.05) is 12.1 Å². The standard InChI is InChI=1S/C19H16F6N2O6/c20-18(21,22)17(19(23,24)25,7-1-3-11(28)9(5-7)13(26)15(30)31)8-2-4-12(29)10(6-8)14(27)16(32)33/h1-6,13-14,28-29H,26-27H2,(H,30,31)(H,32,33). The molecule has 8 N–H and O–H groups in total. The molecule has 0 bridgehead atoms. The number of carboxylic acid groups (broad SMARTS) is 2. The first-order valence-corrected chi connectivity index (χ1v) is 8.73. The molecule has 14 heteroatoms. The highest BCUT2D eigenvalue weighted by Crippen LogP contribution is 2.57. The third-order valence-electron chi connectivity index (χ3n) is 4.97. The van der Waals surface area contributed by atoms with Crippen molar-refractivity contribution < 1.29 is 56.4 Å². The summed E-state index contributed by atoms with van der Waals surface area (Å²) >= 11 is 0. The molecule has 0 aromatic heterocycles. The van der Waals surface area contributed by atoms with Gasteiger partial charge >= 0.3 is 24.3 Å². The molecule has 2 unspecified atom stereocenters. The van der Waals surface area contributed by atoms with E-state index < -0.39 is 75.5 Å². The van der Waals surface area contributed by atoms with Gasteiger partial charge in [-0.3, -0.25) is 9.59 Å². The van der Waals surface area contributed by atoms with E-state index in [1.807, 2.05) is 0 Å². The second-order valence-electron chi connectivity index (χ2n) is 6.92. The Morgan fingerprint density at radius 2 is 1.00 bits per heavy atom. The van der Waals surface area contributed by atoms with Crippen molar-refractivity contribution in [3.63, 3.8) is 0 Å². The molecule has 2 aromatic rings. The number of hydrogen-bond donors (Lipinski definition) is 6. The maximum Gasteiger partial charge on any atom is 0.411 e. The Hall–Kier alpha value is -3.52. The molecule has 0 amide bonds. The summed E-state index contributed by atoms with van der Waals surface area (Å²) in [4.78, 5) is 22.2. The Morgan fingerprint density at radius 1 is 0.697 bits per heavy atom. The molecule has 0 heterocycles. The molecule has 0 spiro atoms. The molecule has 0 aliphatic rings. The van der Waals surface area contributed by atoms with Gasteiger partial charge in [-0.25, -0.2) is 0 Å². The Morgan fingerprint density at radius 3 is 1.24 bits per heavy atom. The van der Waals surface area contributed by atoms with Gasteiger partial charge in [0.15, 0.2) is 0 Å². The van der Waals surface area contributed by atoms with Crippen molar-refractivity contribution in [1.29, 1.82) is 0 Å². The summed E-state index contributed by atoms with van der Waals surface area (Å²) in [5.74, 6) is -5.62. The number of alkyl halides is 6. The summed E-state index contributed by atoms with van der Waals surface area (Å²) in [5.41, 5.74) is 0.742. The lowest BCUT2D eigenvalue weighted by Crippen LogP contribution is -2.55. The van der Waals surface area contributed by atoms with Crippen LogP contribution in [0.15, 0.2) is 36.4 Å². The Kier molecular flexibility index (Phi) is 6.58. The number of carbonyl (C=O) groups is 2. The number of aromatic hydroxyl groups is 2. The van der Waals surface area contributed by atoms with Gasteiger partial charge in [0.25, 0.3) is 0 Å². The molecule has 180 valence electrons. The number of halogens is 6. The van der Waals surface area contributed by atoms with Crippen molar-refractivity contribution >= 4 is 11.9 Å². The van der Waals surface area contributed by atoms with Crippen molar-refractivity contribution in [2.75, 3.05) is 0 Å². The van der Waals surface area contributed by atoms with Gasteiger partial charge in [0, 0.05) is 11.1 Å². The summed E-state index contributed by atoms with van der Waals surface area (Å²) in [6.45, 7) is 0. The van der Waals surface area contributed by atoms with Crippen molar-refractivity contribution in [2.24, 2.45) is 11.5 Å². The van der Waals surface area contributed by atoms with E-state index in [0.29, 0.717) is 12.1 Å². The Balaban J connectivity index is 3.02. The molecule has 0 aliphatic heterocycles. The lowest BCUT2D eigenvalue weighted by Gasteiger charge is -2.39. The predicted molar refractivity (Wildman–Crippen MR) is 98.2 cm³/mol. The zero-order chi connectivity index (χ0) is 25.5. The first-order chi connectivity index (χ1) is 15.0. The van der Waals surface area contributed by atoms with Gasteiger partial charge in [-0.2, -0.15) is 26.3 Å². The van der Waals surface area contributed by atoms with Crippen LogP contribution in [0.5, 0.6) is 11.5 Å². The topological polar surface area (TPSA) is 167 Å². The fourth-order valence-electron chi connectivity index (χ4n) is 3.32. The van der Waals surface area contributed by atoms with Crippen LogP contribution in [-0.2, 0) is 15.0 Å². The van der Waals surface area contributed by atoms with Crippen molar-refractivity contribution in [2.45, 2.75) is 29.9 Å². The van der Waals surface area contributed by atoms with Crippen LogP contribution in [0.2, 0.25) is 0 Å². The maximum absolute atomic E-state index is 14.3. The van der Waals surface area contributed by atoms with Gasteiger partial charge in [0.2, 0.25) is 5.41 Å². The SMILES string of the molecule is NC(C(=O)O)c1cc(C(c2ccc(O)c(C(N)C(=O)O)c2)(C(F)(F)F)C(F)(F)F)ccc1O. The smallest absolute Gasteiger partial charge is 0.411 e. The molecule has 0 saturated heterocycles. The van der Waals surface area contributed by atoms with Gasteiger partial charge in [-0.15, -0.1) is 0 Å². The summed E-state index contributed by atoms with van der Waals surface area (Å²) in [6.07, 6.45) is -12.3. The molecule has 33 heavy (non-hydrogen) atoms. The second kappa shape index (κ2) is 8.44. The van der Waals surface area contributed by atoms with E-state index in [-0.39, 0.29) is 24.3 Å². The van der Waals surface area contributed by atoms with Crippen molar-refractivity contribution in [3.8, 4) is 11.5 Å². The Labute approximate surface area is 180 Å². The number of rotatable bonds is 6. The van der Waals surface area contributed by atoms with Crippen molar-refractivity contribution in [3.05, 3.63) is 58.7 Å². The van der Waals surface area contributed by atoms with Gasteiger partial charge in [0.1, 0.15) is 23.6 Å². The van der Waals surface area contributed by atoms with Crippen LogP contribution in [0.4, 0.5) is 26.3 Å². The lowest BCUT2D eigenvalue weighted by atomic mass is 9.71. The van der Waals surface area contributed by atoms with Gasteiger partial charge in [0.05, 0.1) is 0 Å². The van der Waals surface area contributed by atoms with E-state index >= 15 is 0 Å². The third-order valence-corrected chi connectivity index (χ3v) is 4.97. The number of aliphatic carboxylic acids is 2. The lowest BCUT2D eigenvalue weighted by molar-refractivity contribution is -0.288. The molecule has 0 aliphatic carbocycles. The van der Waals surface area contributed by atoms with Crippen LogP contribution in [0.25, 0.3) is 0 Å². The minimum absolute atomic E-state index is 0.152. The number of nitrogens with two attached hydrogens (primary N) is 2. The van der Waals surface area contributed by atoms with Gasteiger partial charge < -0.3 is 31.9 Å². The summed E-state index contributed by atoms with van der Waals surface area (Å²) < 4.78 is 85.7. The molecular weight excluding hydrogens is 466 g/mol. The van der Waals surface area contributed by atoms with E-state index in [1.54, 1.807) is 0 Å². The first kappa shape index (κ1) is 25.7. The molecule has 2 atom stereocenters. The fraction of sp³-hybridized carbons (Fsp3) is 0.263. The summed E-state index contributed by atoms with van der Waals surface area (Å²) in [5, 5.41) is 37.6. The molecule has 0 fully saturated rings. The van der Waals surface area contributed by atoms with E-state index in [4.69, 9.17) is 21.7 Å². The number of carboxylic acids is 2. The number of hydrogen-bond acceptors (Lipinski definition) is 6. The van der Waals surface area contributed by atoms with E-state index in [9.17, 15) is 46.1 Å². The monoisotopic (exact) mass is 482 g/mol. The fourth-order valence-corrected chi connectivity index (χ4v) is 3.32. The van der Waals surface area contributed by atoms with Crippen molar-refractivity contribution in [1.82, 2.24) is 0 Å². The quantitative estimate of drug-likeness (QED) is 0.342. The molecule has 2 rings (SSSR count). The van der Waals surface area contributed by atoms with Crippen LogP contribution in [-0.4, -0.2) is 44.7 Å². The van der Waals surface area contributed by atoms with Crippen LogP contribution >= 0.6 is 0 Å². The highest BCUT2D eigenvalue weighted by atomic mass is 19.4. The Bertz CT molecular complexity index is 1000. The average Bonchev–Trinajstić information content (AvgIpc) is 2.67. The van der Waals surface area contributed by atoms with Crippen LogP contribution in [0.3, 0.4) is 0 Å². The van der Waals surface area contributed by atoms with Crippen LogP contribution < -0.4 is 11.5 Å². The minimum atomic E-state index is -6.13. The molecule has 8 nitrogen and oxygen atoms in total. The summed E-state index contributed by atoms with van der Waals surface area (Å²) in [7, 11) is 0. The highest BCUT2D eigenvalue weighted by Gasteiger charge is 2.72. The zero-order valence-corrected chi connectivity index (χ0v) is 16.1. The van der Waals surface area contributed by atoms with E-state index in [1.165, 1.54) is 0 Å². The molecular formula is C19H16F6N2O6. The predicted octanol–water partition coefficient (Wildman–Crippen LogP) is 2.68. The normalized spacial score (nSPS) is 14.5. The minimum Gasteiger partial charge on any atom is -0.508 e. The largest absolute Gasteiger partial charge is 0.508 e. The number of phenols is 2. The maximum atomic E-state index is 14.3. The van der Waals surface area contributed by atoms with E-state index in [0.717, 1.165) is 0 Å². The number of benzene rings is 2. The van der Waals surface area contributed by atoms with Crippen LogP contribution in [0, 0.1) is 0 Å². The first-order valence-electron chi connectivity index (χ1n) is 8.73. The second-order valence-corrected chi connectivity index (χ2v) is 6.92. The molecule has 0 radical (unpaired) electrons. The summed E-state index contributed by atoms with van der Waals surface area (Å²) in [6, 6.07) is -2.64. The molecule has 0 saturated carbocycles. The van der Waals surface area contributed by atoms with Crippen LogP contribution in [0.1, 0.15) is 34.3 Å². The number of phenolic OH excluding ortho intramolecular Hbond substituents is 2. The zero-order valence-electron chi connectivity index (χ0n) is 16.1. The van der Waals surface area contributed by atoms with Gasteiger partial charge in [-0.05, 0) is 35.4 Å². The van der Waals surface area contributed by atoms with E-state index in [2.05, 4.69) is 0 Å².